The van der Waals surface area contributed by atoms with E-state index >= 15 is 0 Å². The fourth-order valence-electron chi connectivity index (χ4n) is 12.2. The summed E-state index contributed by atoms with van der Waals surface area (Å²) in [6.45, 7) is 2.63. The van der Waals surface area contributed by atoms with Gasteiger partial charge in [-0.3, -0.25) is 0 Å². The number of methoxy groups -OCH3 is 3. The maximum atomic E-state index is 13.4. The van der Waals surface area contributed by atoms with Crippen LogP contribution in [0.4, 0.5) is 62.9 Å². The van der Waals surface area contributed by atoms with Crippen molar-refractivity contribution >= 4 is 77.8 Å². The quantitative estimate of drug-likeness (QED) is 0.0475. The summed E-state index contributed by atoms with van der Waals surface area (Å²) >= 11 is 6.35. The molecule has 0 aliphatic rings. The molecule has 0 unspecified atom stereocenters. The number of nitrogen functional groups attached to an aromatic ring is 1. The van der Waals surface area contributed by atoms with Gasteiger partial charge in [-0.2, -0.15) is 80.9 Å². The van der Waals surface area contributed by atoms with E-state index in [0.29, 0.717) is 78.0 Å². The molecule has 0 radical (unpaired) electrons. The van der Waals surface area contributed by atoms with E-state index in [4.69, 9.17) is 19.9 Å². The van der Waals surface area contributed by atoms with Crippen LogP contribution in [-0.4, -0.2) is 166 Å². The lowest BCUT2D eigenvalue weighted by Crippen LogP contribution is -2.26. The second kappa shape index (κ2) is 47.2. The van der Waals surface area contributed by atoms with Crippen molar-refractivity contribution in [1.82, 2.24) is 87.1 Å². The fraction of sp³-hybridized carbons (Fsp3) is 0.247. The molecule has 30 nitrogen and oxygen atoms in total. The van der Waals surface area contributed by atoms with Gasteiger partial charge in [0.05, 0.1) is 98.5 Å². The molecule has 0 aliphatic heterocycles. The predicted molar refractivity (Wildman–Crippen MR) is 490 cm³/mol. The largest absolute Gasteiger partial charge is 0.497 e. The standard InChI is InChI=1S/C25H24F3N5O3S.C21H19BrF3N3O3S.C17H16F3N5O2S.C15H15BrFNO3S.C6H10N2.C5H4F3N3/c1-32-15-23(29-16-32)22-13-21(37(34,35)33(2)14-17-4-8-20(36-3)9-5-17)10-6-18(22)12-19-7-11-24(31-30-19)25(26,27)28;1-28(13-14-3-7-17(31-2)8-4-14)32(29,30)18-9-5-15(19(22)12-18)11-16-6-10-20(27-26-16)21(23,24)25;1-21-28(26,27)13-5-3-11(14(8-13)15-9-25(2)10-22-15)7-12-4-6-16(24-23-12)17(18,19)20;1-18(10-11-3-5-12(21-2)6-4-11)22(19,20)13-7-8-15(17)14(16)9-13;1-3-6-4-8(2)5-7-6;6-5(7,8)3-1-2-4(9)11-10-3/h4-11,13,15-16H,12,14H2,1-3H3;3-10,12H,11,13H2,1-2H3;3-6,8-10,21H,7H2,1-2H3;3-9H,10H2,1-2H3;4-5H,3H2,1-2H3;1-2H,(H2,9,11). The number of aryl methyl sites for hydroxylation is 4. The first-order valence-electron chi connectivity index (χ1n) is 40.2. The van der Waals surface area contributed by atoms with E-state index in [1.807, 2.05) is 24.1 Å². The Bertz CT molecular complexity index is 6910. The molecule has 7 aromatic carbocycles. The Kier molecular flexibility index (Phi) is 37.3. The van der Waals surface area contributed by atoms with Crippen molar-refractivity contribution in [1.29, 1.82) is 0 Å². The zero-order valence-corrected chi connectivity index (χ0v) is 81.3. The van der Waals surface area contributed by atoms with Gasteiger partial charge in [0, 0.05) is 115 Å². The number of aromatic nitrogens is 14. The molecular weight excluding hydrogens is 2050 g/mol. The van der Waals surface area contributed by atoms with Gasteiger partial charge in [-0.1, -0.05) is 77.5 Å². The van der Waals surface area contributed by atoms with Crippen LogP contribution in [0, 0.1) is 5.82 Å². The molecule has 0 fully saturated rings. The van der Waals surface area contributed by atoms with Gasteiger partial charge in [0.25, 0.3) is 0 Å². The Labute approximate surface area is 802 Å². The van der Waals surface area contributed by atoms with Gasteiger partial charge < -0.3 is 33.6 Å². The monoisotopic (exact) mass is 2130 g/mol. The minimum atomic E-state index is -4.58. The number of benzene rings is 7. The fourth-order valence-corrected chi connectivity index (χ4v) is 17.7. The number of nitrogens with zero attached hydrogens (tertiary/aromatic N) is 17. The maximum absolute atomic E-state index is 13.4. The van der Waals surface area contributed by atoms with Gasteiger partial charge in [0.2, 0.25) is 40.1 Å². The number of hydrogen-bond donors (Lipinski definition) is 2. The Morgan fingerprint density at radius 1 is 0.377 bits per heavy atom. The summed E-state index contributed by atoms with van der Waals surface area (Å²) in [5.74, 6) is 1.52. The highest BCUT2D eigenvalue weighted by Crippen LogP contribution is 2.36. The molecule has 0 bridgehead atoms. The first-order chi connectivity index (χ1) is 64.7. The number of rotatable bonds is 26. The Morgan fingerprint density at radius 2 is 0.688 bits per heavy atom. The highest BCUT2D eigenvalue weighted by Gasteiger charge is 2.37. The lowest BCUT2D eigenvalue weighted by atomic mass is 10.0. The van der Waals surface area contributed by atoms with E-state index in [1.54, 1.807) is 161 Å². The predicted octanol–water partition coefficient (Wildman–Crippen LogP) is 16.9. The zero-order chi connectivity index (χ0) is 102. The normalized spacial score (nSPS) is 11.9. The molecule has 734 valence electrons. The van der Waals surface area contributed by atoms with Crippen LogP contribution >= 0.6 is 31.9 Å². The number of ether oxygens (including phenoxy) is 3. The number of sulfonamides is 4. The number of nitrogens with one attached hydrogen (secondary N) is 1. The van der Waals surface area contributed by atoms with Crippen LogP contribution in [-0.2, 0) is 131 Å². The van der Waals surface area contributed by atoms with Crippen LogP contribution in [0.25, 0.3) is 22.5 Å². The van der Waals surface area contributed by atoms with Crippen molar-refractivity contribution in [3.63, 3.8) is 0 Å². The molecule has 49 heteroatoms. The smallest absolute Gasteiger partial charge is 0.435 e. The minimum absolute atomic E-state index is 0.0296. The molecule has 14 rings (SSSR count). The molecule has 3 N–H and O–H groups in total. The number of anilines is 1. The van der Waals surface area contributed by atoms with Crippen molar-refractivity contribution < 1.29 is 105 Å². The van der Waals surface area contributed by atoms with Gasteiger partial charge >= 0.3 is 24.7 Å². The molecule has 0 saturated heterocycles. The van der Waals surface area contributed by atoms with Crippen molar-refractivity contribution in [2.24, 2.45) is 21.1 Å². The summed E-state index contributed by atoms with van der Waals surface area (Å²) in [6.07, 6.45) is -6.19. The second-order valence-corrected chi connectivity index (χ2v) is 39.6. The molecular formula is C89H88Br2F13N19O11S4. The van der Waals surface area contributed by atoms with Gasteiger partial charge in [0.15, 0.2) is 22.8 Å². The number of hydrogen-bond acceptors (Lipinski definition) is 23. The van der Waals surface area contributed by atoms with E-state index in [0.717, 1.165) is 65.2 Å². The highest BCUT2D eigenvalue weighted by atomic mass is 79.9. The van der Waals surface area contributed by atoms with Crippen LogP contribution in [0.5, 0.6) is 17.2 Å². The highest BCUT2D eigenvalue weighted by molar-refractivity contribution is 9.10. The summed E-state index contributed by atoms with van der Waals surface area (Å²) in [7, 11) is 0.969. The van der Waals surface area contributed by atoms with E-state index in [9.17, 15) is 90.7 Å². The SMILES string of the molecule is CCc1cn(C)cn1.CNS(=O)(=O)c1ccc(Cc2ccc(C(F)(F)F)nn2)c(-c2cn(C)cn2)c1.COc1ccc(CN(C)S(=O)(=O)c2ccc(Cc3ccc(C(F)(F)F)nn3)c(-c3cn(C)cn3)c2)cc1.COc1ccc(CN(C)S(=O)(=O)c2ccc(Cc3ccc(C(F)(F)F)nn3)c(Br)c2)cc1.COc1ccc(CN(C)S(=O)(=O)c2ccc(F)c(Br)c2)cc1.Nc1ccc(C(F)(F)F)nn1. The van der Waals surface area contributed by atoms with Crippen LogP contribution in [0.15, 0.2) is 260 Å². The van der Waals surface area contributed by atoms with Gasteiger partial charge in [-0.25, -0.2) is 57.7 Å². The third kappa shape index (κ3) is 30.7. The maximum Gasteiger partial charge on any atom is 0.435 e. The van der Waals surface area contributed by atoms with Crippen LogP contribution in [0.2, 0.25) is 0 Å². The molecule has 0 atom stereocenters. The van der Waals surface area contributed by atoms with Gasteiger partial charge in [-0.15, -0.1) is 25.5 Å². The zero-order valence-electron chi connectivity index (χ0n) is 74.9. The third-order valence-electron chi connectivity index (χ3n) is 19.7. The first kappa shape index (κ1) is 109. The Balaban J connectivity index is 0.000000195. The summed E-state index contributed by atoms with van der Waals surface area (Å²) < 4.78 is 292. The van der Waals surface area contributed by atoms with E-state index < -0.39 is 93.4 Å². The average Bonchev–Trinajstić information content (AvgIpc) is 1.66. The van der Waals surface area contributed by atoms with E-state index in [-0.39, 0.29) is 68.8 Å². The summed E-state index contributed by atoms with van der Waals surface area (Å²) in [4.78, 5) is 12.9. The van der Waals surface area contributed by atoms with Gasteiger partial charge in [-0.05, 0) is 202 Å². The van der Waals surface area contributed by atoms with Crippen molar-refractivity contribution in [2.75, 3.05) is 55.3 Å². The van der Waals surface area contributed by atoms with Crippen LogP contribution in [0.3, 0.4) is 0 Å². The van der Waals surface area contributed by atoms with Gasteiger partial charge in [0.1, 0.15) is 28.9 Å². The second-order valence-electron chi connectivity index (χ2n) is 29.8. The minimum Gasteiger partial charge on any atom is -0.497 e. The summed E-state index contributed by atoms with van der Waals surface area (Å²) in [5.41, 5.74) is 9.37. The topological polar surface area (TPSA) is 369 Å². The molecule has 0 amide bonds. The lowest BCUT2D eigenvalue weighted by molar-refractivity contribution is -0.142. The number of alkyl halides is 12. The lowest BCUT2D eigenvalue weighted by Gasteiger charge is -2.19. The first-order valence-corrected chi connectivity index (χ1v) is 47.6. The number of nitrogens with two attached hydrogens (primary N) is 1. The van der Waals surface area contributed by atoms with Crippen molar-refractivity contribution in [2.45, 2.75) is 96.5 Å². The molecule has 7 aromatic heterocycles. The molecule has 0 spiro atoms. The molecule has 0 saturated carbocycles. The average molecular weight is 2130 g/mol. The molecule has 7 heterocycles. The summed E-state index contributed by atoms with van der Waals surface area (Å²) in [5, 5.41) is 26.6. The molecule has 0 aliphatic carbocycles. The van der Waals surface area contributed by atoms with E-state index in [1.165, 1.54) is 108 Å². The van der Waals surface area contributed by atoms with Crippen LogP contribution < -0.4 is 24.7 Å². The van der Waals surface area contributed by atoms with Crippen LogP contribution in [0.1, 0.15) is 85.9 Å². The molecule has 138 heavy (non-hydrogen) atoms. The number of halogens is 15. The van der Waals surface area contributed by atoms with Crippen molar-refractivity contribution in [3.8, 4) is 39.8 Å². The third-order valence-corrected chi connectivity index (χ3v) is 27.8. The van der Waals surface area contributed by atoms with Crippen molar-refractivity contribution in [3.05, 3.63) is 325 Å². The Morgan fingerprint density at radius 3 is 0.971 bits per heavy atom. The Hall–Kier alpha value is -12.6. The molecule has 14 aromatic rings. The summed E-state index contributed by atoms with van der Waals surface area (Å²) in [6, 6.07) is 46.7. The number of imidazole rings is 3. The van der Waals surface area contributed by atoms with E-state index in [2.05, 4.69) is 99.2 Å².